The normalized spacial score (nSPS) is 14.6. The summed E-state index contributed by atoms with van der Waals surface area (Å²) in [5, 5.41) is 12.2. The molecule has 0 heterocycles. The van der Waals surface area contributed by atoms with Crippen molar-refractivity contribution in [2.75, 3.05) is 13.7 Å². The Morgan fingerprint density at radius 1 is 1.25 bits per heavy atom. The monoisotopic (exact) mass is 231 g/mol. The molecule has 4 heteroatoms. The van der Waals surface area contributed by atoms with Crippen molar-refractivity contribution >= 4 is 6.09 Å². The van der Waals surface area contributed by atoms with Gasteiger partial charge in [0.2, 0.25) is 0 Å². The maximum atomic E-state index is 10.7. The molecule has 0 aliphatic carbocycles. The minimum Gasteiger partial charge on any atom is -0.453 e. The van der Waals surface area contributed by atoms with Crippen molar-refractivity contribution in [3.8, 4) is 0 Å². The van der Waals surface area contributed by atoms with Crippen LogP contribution in [0.25, 0.3) is 0 Å². The molecule has 0 aliphatic heterocycles. The van der Waals surface area contributed by atoms with E-state index in [4.69, 9.17) is 0 Å². The lowest BCUT2D eigenvalue weighted by atomic mass is 9.91. The van der Waals surface area contributed by atoms with E-state index >= 15 is 0 Å². The number of carbonyl (C=O) groups is 1. The lowest BCUT2D eigenvalue weighted by Crippen LogP contribution is -2.27. The number of nitrogens with one attached hydrogen (secondary N) is 1. The molecule has 4 nitrogen and oxygen atoms in total. The molecule has 0 saturated heterocycles. The predicted octanol–water partition coefficient (Wildman–Crippen LogP) is 2.17. The van der Waals surface area contributed by atoms with Crippen LogP contribution in [0.3, 0.4) is 0 Å². The second-order valence-corrected chi connectivity index (χ2v) is 4.66. The number of ether oxygens (including phenoxy) is 1. The SMILES string of the molecule is COC(=O)NCCC(O)CCC(C)C(C)C. The fourth-order valence-corrected chi connectivity index (χ4v) is 1.35. The Balaban J connectivity index is 3.51. The second-order valence-electron chi connectivity index (χ2n) is 4.66. The topological polar surface area (TPSA) is 58.6 Å². The van der Waals surface area contributed by atoms with E-state index in [9.17, 15) is 9.90 Å². The summed E-state index contributed by atoms with van der Waals surface area (Å²) in [6.45, 7) is 7.04. The smallest absolute Gasteiger partial charge is 0.406 e. The van der Waals surface area contributed by atoms with Crippen LogP contribution in [0.5, 0.6) is 0 Å². The Morgan fingerprint density at radius 3 is 2.38 bits per heavy atom. The number of amides is 1. The molecule has 0 aliphatic rings. The zero-order chi connectivity index (χ0) is 12.6. The van der Waals surface area contributed by atoms with Gasteiger partial charge in [-0.15, -0.1) is 0 Å². The lowest BCUT2D eigenvalue weighted by Gasteiger charge is -2.17. The largest absolute Gasteiger partial charge is 0.453 e. The van der Waals surface area contributed by atoms with Crippen molar-refractivity contribution in [1.82, 2.24) is 5.32 Å². The molecule has 0 spiro atoms. The molecule has 0 bridgehead atoms. The van der Waals surface area contributed by atoms with Crippen LogP contribution in [0, 0.1) is 11.8 Å². The third kappa shape index (κ3) is 7.51. The quantitative estimate of drug-likeness (QED) is 0.706. The lowest BCUT2D eigenvalue weighted by molar-refractivity contribution is 0.137. The highest BCUT2D eigenvalue weighted by Crippen LogP contribution is 2.17. The Bertz CT molecular complexity index is 195. The third-order valence-electron chi connectivity index (χ3n) is 3.03. The van der Waals surface area contributed by atoms with E-state index < -0.39 is 6.09 Å². The van der Waals surface area contributed by atoms with Gasteiger partial charge in [-0.25, -0.2) is 4.79 Å². The van der Waals surface area contributed by atoms with E-state index in [0.29, 0.717) is 24.8 Å². The van der Waals surface area contributed by atoms with Gasteiger partial charge in [0.05, 0.1) is 13.2 Å². The summed E-state index contributed by atoms with van der Waals surface area (Å²) in [5.74, 6) is 1.28. The van der Waals surface area contributed by atoms with Crippen LogP contribution < -0.4 is 5.32 Å². The maximum Gasteiger partial charge on any atom is 0.406 e. The molecule has 2 N–H and O–H groups in total. The summed E-state index contributed by atoms with van der Waals surface area (Å²) in [6.07, 6.45) is 1.63. The minimum atomic E-state index is -0.442. The van der Waals surface area contributed by atoms with E-state index in [1.165, 1.54) is 7.11 Å². The van der Waals surface area contributed by atoms with Crippen LogP contribution in [0.2, 0.25) is 0 Å². The van der Waals surface area contributed by atoms with Crippen LogP contribution >= 0.6 is 0 Å². The van der Waals surface area contributed by atoms with Crippen LogP contribution in [-0.2, 0) is 4.74 Å². The van der Waals surface area contributed by atoms with Gasteiger partial charge >= 0.3 is 6.09 Å². The number of aliphatic hydroxyl groups excluding tert-OH is 1. The molecule has 0 fully saturated rings. The average molecular weight is 231 g/mol. The highest BCUT2D eigenvalue weighted by atomic mass is 16.5. The molecule has 0 aromatic rings. The number of methoxy groups -OCH3 is 1. The Hall–Kier alpha value is -0.770. The first kappa shape index (κ1) is 15.2. The number of aliphatic hydroxyl groups is 1. The van der Waals surface area contributed by atoms with Crippen LogP contribution in [0.1, 0.15) is 40.0 Å². The molecule has 0 radical (unpaired) electrons. The molecule has 0 aromatic heterocycles. The summed E-state index contributed by atoms with van der Waals surface area (Å²) < 4.78 is 4.43. The summed E-state index contributed by atoms with van der Waals surface area (Å²) >= 11 is 0. The first-order valence-corrected chi connectivity index (χ1v) is 5.97. The van der Waals surface area contributed by atoms with Crippen molar-refractivity contribution in [2.45, 2.75) is 46.1 Å². The van der Waals surface area contributed by atoms with Gasteiger partial charge in [0, 0.05) is 6.54 Å². The van der Waals surface area contributed by atoms with Crippen LogP contribution in [0.4, 0.5) is 4.79 Å². The Labute approximate surface area is 98.4 Å². The molecule has 0 aromatic carbocycles. The molecule has 16 heavy (non-hydrogen) atoms. The Morgan fingerprint density at radius 2 is 1.88 bits per heavy atom. The average Bonchev–Trinajstić information content (AvgIpc) is 2.25. The molecule has 0 saturated carbocycles. The minimum absolute atomic E-state index is 0.335. The zero-order valence-electron chi connectivity index (χ0n) is 10.8. The van der Waals surface area contributed by atoms with Crippen molar-refractivity contribution < 1.29 is 14.6 Å². The summed E-state index contributed by atoms with van der Waals surface area (Å²) in [4.78, 5) is 10.7. The highest BCUT2D eigenvalue weighted by Gasteiger charge is 2.11. The van der Waals surface area contributed by atoms with Crippen molar-refractivity contribution in [1.29, 1.82) is 0 Å². The zero-order valence-corrected chi connectivity index (χ0v) is 10.8. The number of carbonyl (C=O) groups excluding carboxylic acids is 1. The molecule has 1 amide bonds. The van der Waals surface area contributed by atoms with Gasteiger partial charge in [-0.1, -0.05) is 20.8 Å². The summed E-state index contributed by atoms with van der Waals surface area (Å²) in [5.41, 5.74) is 0. The van der Waals surface area contributed by atoms with E-state index in [2.05, 4.69) is 30.8 Å². The van der Waals surface area contributed by atoms with Crippen molar-refractivity contribution in [3.05, 3.63) is 0 Å². The Kier molecular flexibility index (Phi) is 7.99. The summed E-state index contributed by atoms with van der Waals surface area (Å²) in [6, 6.07) is 0. The number of hydrogen-bond donors (Lipinski definition) is 2. The molecular formula is C12H25NO3. The third-order valence-corrected chi connectivity index (χ3v) is 3.03. The van der Waals surface area contributed by atoms with E-state index in [-0.39, 0.29) is 6.10 Å². The van der Waals surface area contributed by atoms with E-state index in [1.807, 2.05) is 0 Å². The number of hydrogen-bond acceptors (Lipinski definition) is 3. The fourth-order valence-electron chi connectivity index (χ4n) is 1.35. The van der Waals surface area contributed by atoms with E-state index in [0.717, 1.165) is 12.8 Å². The molecule has 0 rings (SSSR count). The molecular weight excluding hydrogens is 206 g/mol. The standard InChI is InChI=1S/C12H25NO3/c1-9(2)10(3)5-6-11(14)7-8-13-12(15)16-4/h9-11,14H,5-8H2,1-4H3,(H,13,15). The van der Waals surface area contributed by atoms with Crippen molar-refractivity contribution in [3.63, 3.8) is 0 Å². The van der Waals surface area contributed by atoms with Gasteiger partial charge in [0.1, 0.15) is 0 Å². The molecule has 2 unspecified atom stereocenters. The predicted molar refractivity (Wildman–Crippen MR) is 64.3 cm³/mol. The number of rotatable bonds is 7. The first-order valence-electron chi connectivity index (χ1n) is 5.97. The molecule has 96 valence electrons. The first-order chi connectivity index (χ1) is 7.47. The van der Waals surface area contributed by atoms with Gasteiger partial charge in [-0.05, 0) is 31.1 Å². The van der Waals surface area contributed by atoms with Crippen LogP contribution in [0.15, 0.2) is 0 Å². The summed E-state index contributed by atoms with van der Waals surface area (Å²) in [7, 11) is 1.33. The van der Waals surface area contributed by atoms with Crippen LogP contribution in [-0.4, -0.2) is 31.0 Å². The number of alkyl carbamates (subject to hydrolysis) is 1. The van der Waals surface area contributed by atoms with Gasteiger partial charge in [-0.2, -0.15) is 0 Å². The van der Waals surface area contributed by atoms with Gasteiger partial charge in [0.25, 0.3) is 0 Å². The van der Waals surface area contributed by atoms with Gasteiger partial charge in [-0.3, -0.25) is 0 Å². The van der Waals surface area contributed by atoms with Gasteiger partial charge < -0.3 is 15.2 Å². The van der Waals surface area contributed by atoms with Gasteiger partial charge in [0.15, 0.2) is 0 Å². The molecule has 2 atom stereocenters. The maximum absolute atomic E-state index is 10.7. The fraction of sp³-hybridized carbons (Fsp3) is 0.917. The van der Waals surface area contributed by atoms with E-state index in [1.54, 1.807) is 0 Å². The van der Waals surface area contributed by atoms with Crippen molar-refractivity contribution in [2.24, 2.45) is 11.8 Å². The second kappa shape index (κ2) is 8.39. The highest BCUT2D eigenvalue weighted by molar-refractivity contribution is 5.66.